The smallest absolute Gasteiger partial charge is 0.128 e. The predicted molar refractivity (Wildman–Crippen MR) is 82.9 cm³/mol. The largest absolute Gasteiger partial charge is 0.483 e. The lowest BCUT2D eigenvalue weighted by atomic mass is 9.91. The van der Waals surface area contributed by atoms with Crippen molar-refractivity contribution in [1.29, 1.82) is 0 Å². The molecule has 0 aliphatic carbocycles. The Morgan fingerprint density at radius 3 is 2.79 bits per heavy atom. The summed E-state index contributed by atoms with van der Waals surface area (Å²) in [5, 5.41) is 0.870. The number of rotatable bonds is 5. The highest BCUT2D eigenvalue weighted by Gasteiger charge is 2.26. The Morgan fingerprint density at radius 2 is 2.11 bits per heavy atom. The lowest BCUT2D eigenvalue weighted by molar-refractivity contribution is 0.157. The van der Waals surface area contributed by atoms with Crippen LogP contribution in [0.4, 0.5) is 0 Å². The van der Waals surface area contributed by atoms with Gasteiger partial charge in [0.15, 0.2) is 0 Å². The van der Waals surface area contributed by atoms with Crippen molar-refractivity contribution in [2.45, 2.75) is 37.6 Å². The van der Waals surface area contributed by atoms with Gasteiger partial charge >= 0.3 is 0 Å². The summed E-state index contributed by atoms with van der Waals surface area (Å²) in [6.07, 6.45) is 4.30. The van der Waals surface area contributed by atoms with Gasteiger partial charge in [0.25, 0.3) is 0 Å². The third kappa shape index (κ3) is 3.61. The molecule has 1 aliphatic rings. The number of allylic oxidation sites excluding steroid dienone is 1. The van der Waals surface area contributed by atoms with Gasteiger partial charge in [-0.25, -0.2) is 0 Å². The van der Waals surface area contributed by atoms with Crippen LogP contribution < -0.4 is 4.74 Å². The first-order valence-corrected chi connectivity index (χ1v) is 7.77. The Kier molecular flexibility index (Phi) is 4.69. The molecule has 0 spiro atoms. The molecular formula is C16H21BrO2. The molecule has 0 radical (unpaired) electrons. The molecule has 0 aromatic heterocycles. The Bertz CT molecular complexity index is 478. The van der Waals surface area contributed by atoms with Crippen molar-refractivity contribution in [3.05, 3.63) is 35.4 Å². The zero-order valence-electron chi connectivity index (χ0n) is 11.8. The number of ether oxygens (including phenoxy) is 2. The predicted octanol–water partition coefficient (Wildman–Crippen LogP) is 4.56. The van der Waals surface area contributed by atoms with Gasteiger partial charge in [-0.1, -0.05) is 22.0 Å². The maximum absolute atomic E-state index is 6.03. The van der Waals surface area contributed by atoms with Crippen LogP contribution in [-0.4, -0.2) is 19.3 Å². The fraction of sp³-hybridized carbons (Fsp3) is 0.500. The molecule has 1 aromatic rings. The van der Waals surface area contributed by atoms with Crippen LogP contribution in [0.5, 0.6) is 5.75 Å². The van der Waals surface area contributed by atoms with Crippen LogP contribution in [0.1, 0.15) is 37.8 Å². The minimum Gasteiger partial charge on any atom is -0.483 e. The molecule has 0 fully saturated rings. The van der Waals surface area contributed by atoms with Crippen LogP contribution in [0.2, 0.25) is 0 Å². The summed E-state index contributed by atoms with van der Waals surface area (Å²) in [7, 11) is 1.75. The van der Waals surface area contributed by atoms with E-state index in [2.05, 4.69) is 54.1 Å². The van der Waals surface area contributed by atoms with Gasteiger partial charge in [-0.15, -0.1) is 0 Å². The van der Waals surface area contributed by atoms with Gasteiger partial charge in [0.05, 0.1) is 0 Å². The molecule has 1 aromatic carbocycles. The molecule has 2 nitrogen and oxygen atoms in total. The van der Waals surface area contributed by atoms with Crippen molar-refractivity contribution in [3.8, 4) is 5.75 Å². The number of methoxy groups -OCH3 is 1. The summed E-state index contributed by atoms with van der Waals surface area (Å²) in [4.78, 5) is 0. The second-order valence-corrected chi connectivity index (χ2v) is 6.00. The summed E-state index contributed by atoms with van der Waals surface area (Å²) in [5.41, 5.74) is 3.64. The van der Waals surface area contributed by atoms with Gasteiger partial charge in [-0.05, 0) is 56.0 Å². The zero-order valence-corrected chi connectivity index (χ0v) is 13.4. The van der Waals surface area contributed by atoms with E-state index in [1.807, 2.05) is 0 Å². The molecule has 3 heteroatoms. The summed E-state index contributed by atoms with van der Waals surface area (Å²) < 4.78 is 11.2. The van der Waals surface area contributed by atoms with Gasteiger partial charge in [-0.3, -0.25) is 0 Å². The molecule has 0 amide bonds. The van der Waals surface area contributed by atoms with Gasteiger partial charge in [0, 0.05) is 24.6 Å². The Labute approximate surface area is 123 Å². The highest BCUT2D eigenvalue weighted by molar-refractivity contribution is 9.08. The quantitative estimate of drug-likeness (QED) is 0.583. The molecular weight excluding hydrogens is 304 g/mol. The Morgan fingerprint density at radius 1 is 1.32 bits per heavy atom. The number of halogens is 1. The van der Waals surface area contributed by atoms with Crippen molar-refractivity contribution >= 4 is 21.5 Å². The van der Waals surface area contributed by atoms with Crippen LogP contribution in [0.3, 0.4) is 0 Å². The van der Waals surface area contributed by atoms with E-state index in [0.29, 0.717) is 0 Å². The number of benzene rings is 1. The zero-order chi connectivity index (χ0) is 13.9. The van der Waals surface area contributed by atoms with Crippen LogP contribution in [0, 0.1) is 0 Å². The fourth-order valence-corrected chi connectivity index (χ4v) is 2.77. The SMILES string of the molecule is COCCCC1=CC(C)(C)Oc2ccc(CBr)cc21. The van der Waals surface area contributed by atoms with Crippen LogP contribution in [-0.2, 0) is 10.1 Å². The van der Waals surface area contributed by atoms with Crippen LogP contribution in [0.25, 0.3) is 5.57 Å². The van der Waals surface area contributed by atoms with Gasteiger partial charge < -0.3 is 9.47 Å². The molecule has 2 rings (SSSR count). The summed E-state index contributed by atoms with van der Waals surface area (Å²) in [5.74, 6) is 0.990. The first kappa shape index (κ1) is 14.6. The normalized spacial score (nSPS) is 16.5. The molecule has 1 aliphatic heterocycles. The van der Waals surface area contributed by atoms with Crippen molar-refractivity contribution in [2.75, 3.05) is 13.7 Å². The molecule has 0 saturated heterocycles. The number of hydrogen-bond donors (Lipinski definition) is 0. The Hall–Kier alpha value is -0.800. The first-order chi connectivity index (χ1) is 9.05. The molecule has 104 valence electrons. The lowest BCUT2D eigenvalue weighted by Gasteiger charge is -2.31. The van der Waals surface area contributed by atoms with E-state index >= 15 is 0 Å². The van der Waals surface area contributed by atoms with E-state index in [1.165, 1.54) is 16.7 Å². The minimum atomic E-state index is -0.231. The van der Waals surface area contributed by atoms with E-state index in [4.69, 9.17) is 9.47 Å². The van der Waals surface area contributed by atoms with Gasteiger partial charge in [0.1, 0.15) is 11.4 Å². The molecule has 0 atom stereocenters. The van der Waals surface area contributed by atoms with Crippen LogP contribution >= 0.6 is 15.9 Å². The van der Waals surface area contributed by atoms with Gasteiger partial charge in [-0.2, -0.15) is 0 Å². The summed E-state index contributed by atoms with van der Waals surface area (Å²) in [6, 6.07) is 6.41. The van der Waals surface area contributed by atoms with Crippen molar-refractivity contribution in [2.24, 2.45) is 0 Å². The molecule has 0 N–H and O–H groups in total. The van der Waals surface area contributed by atoms with E-state index in [0.717, 1.165) is 30.5 Å². The lowest BCUT2D eigenvalue weighted by Crippen LogP contribution is -2.29. The van der Waals surface area contributed by atoms with E-state index < -0.39 is 0 Å². The average molecular weight is 325 g/mol. The second kappa shape index (κ2) is 6.10. The highest BCUT2D eigenvalue weighted by atomic mass is 79.9. The molecule has 0 bridgehead atoms. The standard InChI is InChI=1S/C16H21BrO2/c1-16(2)10-13(5-4-8-18-3)14-9-12(11-17)6-7-15(14)19-16/h6-7,9-10H,4-5,8,11H2,1-3H3. The maximum Gasteiger partial charge on any atom is 0.128 e. The molecule has 0 saturated carbocycles. The van der Waals surface area contributed by atoms with Crippen molar-refractivity contribution in [3.63, 3.8) is 0 Å². The number of hydrogen-bond acceptors (Lipinski definition) is 2. The molecule has 1 heterocycles. The average Bonchev–Trinajstić information content (AvgIpc) is 2.37. The molecule has 19 heavy (non-hydrogen) atoms. The summed E-state index contributed by atoms with van der Waals surface area (Å²) >= 11 is 3.51. The summed E-state index contributed by atoms with van der Waals surface area (Å²) in [6.45, 7) is 5.00. The van der Waals surface area contributed by atoms with E-state index in [-0.39, 0.29) is 5.60 Å². The first-order valence-electron chi connectivity index (χ1n) is 6.64. The Balaban J connectivity index is 2.31. The van der Waals surface area contributed by atoms with E-state index in [9.17, 15) is 0 Å². The van der Waals surface area contributed by atoms with E-state index in [1.54, 1.807) is 7.11 Å². The minimum absolute atomic E-state index is 0.231. The number of fused-ring (bicyclic) bond motifs is 1. The van der Waals surface area contributed by atoms with Crippen LogP contribution in [0.15, 0.2) is 24.3 Å². The number of alkyl halides is 1. The third-order valence-corrected chi connectivity index (χ3v) is 3.88. The highest BCUT2D eigenvalue weighted by Crippen LogP contribution is 2.38. The fourth-order valence-electron chi connectivity index (χ4n) is 2.42. The monoisotopic (exact) mass is 324 g/mol. The van der Waals surface area contributed by atoms with Crippen molar-refractivity contribution < 1.29 is 9.47 Å². The molecule has 0 unspecified atom stereocenters. The topological polar surface area (TPSA) is 18.5 Å². The second-order valence-electron chi connectivity index (χ2n) is 5.44. The third-order valence-electron chi connectivity index (χ3n) is 3.23. The van der Waals surface area contributed by atoms with Gasteiger partial charge in [0.2, 0.25) is 0 Å². The van der Waals surface area contributed by atoms with Crippen molar-refractivity contribution in [1.82, 2.24) is 0 Å². The maximum atomic E-state index is 6.03.